The number of ketones is 1. The molecule has 0 amide bonds. The molecule has 0 unspecified atom stereocenters. The molecule has 0 fully saturated rings. The van der Waals surface area contributed by atoms with Gasteiger partial charge in [0.25, 0.3) is 0 Å². The first-order valence-corrected chi connectivity index (χ1v) is 13.5. The van der Waals surface area contributed by atoms with Crippen LogP contribution in [0.15, 0.2) is 128 Å². The molecule has 0 saturated heterocycles. The number of carbonyl (C=O) groups excluding carboxylic acids is 2. The van der Waals surface area contributed by atoms with Gasteiger partial charge in [0.1, 0.15) is 11.3 Å². The maximum absolute atomic E-state index is 13.1. The minimum Gasteiger partial charge on any atom is -0.422 e. The molecule has 5 nitrogen and oxygen atoms in total. The summed E-state index contributed by atoms with van der Waals surface area (Å²) in [6.45, 7) is 2.94. The molecule has 3 aromatic carbocycles. The highest BCUT2D eigenvalue weighted by Crippen LogP contribution is 2.46. The number of hydrogen-bond acceptors (Lipinski definition) is 7. The lowest BCUT2D eigenvalue weighted by Gasteiger charge is -2.18. The van der Waals surface area contributed by atoms with Crippen LogP contribution in [0.2, 0.25) is 0 Å². The predicted octanol–water partition coefficient (Wildman–Crippen LogP) is 7.17. The van der Waals surface area contributed by atoms with Crippen LogP contribution >= 0.6 is 23.5 Å². The fraction of sp³-hybridized carbons (Fsp3) is 0.0667. The van der Waals surface area contributed by atoms with Crippen molar-refractivity contribution in [1.29, 1.82) is 0 Å². The van der Waals surface area contributed by atoms with Crippen molar-refractivity contribution >= 4 is 46.7 Å². The van der Waals surface area contributed by atoms with Crippen molar-refractivity contribution in [3.05, 3.63) is 124 Å². The normalized spacial score (nSPS) is 19.6. The summed E-state index contributed by atoms with van der Waals surface area (Å²) in [7, 11) is 0. The number of para-hydroxylation sites is 3. The molecule has 3 heterocycles. The second-order valence-electron chi connectivity index (χ2n) is 8.49. The predicted molar refractivity (Wildman–Crippen MR) is 150 cm³/mol. The molecular formula is C30H22N2O3S2. The Hall–Kier alpha value is -3.94. The van der Waals surface area contributed by atoms with Gasteiger partial charge in [0.2, 0.25) is 5.78 Å². The van der Waals surface area contributed by atoms with Crippen LogP contribution in [0.1, 0.15) is 17.3 Å². The lowest BCUT2D eigenvalue weighted by Crippen LogP contribution is -2.24. The number of benzene rings is 3. The zero-order valence-corrected chi connectivity index (χ0v) is 21.6. The highest BCUT2D eigenvalue weighted by molar-refractivity contribution is 8.04. The molecule has 7 heteroatoms. The summed E-state index contributed by atoms with van der Waals surface area (Å²) in [6.07, 6.45) is 7.51. The van der Waals surface area contributed by atoms with E-state index in [2.05, 4.69) is 41.4 Å². The molecule has 3 aliphatic rings. The standard InChI is InChI=1S/C30H22N2O3S2/c1-2-32-23-11-5-8-14-26(23)37-28(32)18-19(17-27-31-22-10-4-7-13-25(22)36-27)15-16-21-29(33)20-9-3-6-12-24(20)35-30(21)34/h3-18,31H,2H2,1H3/b19-15?,21-16?,27-17-,28-18?. The van der Waals surface area contributed by atoms with Crippen LogP contribution in [0.4, 0.5) is 11.4 Å². The van der Waals surface area contributed by atoms with Crippen molar-refractivity contribution in [1.82, 2.24) is 0 Å². The lowest BCUT2D eigenvalue weighted by molar-refractivity contribution is -0.130. The van der Waals surface area contributed by atoms with Crippen molar-refractivity contribution < 1.29 is 14.3 Å². The Labute approximate surface area is 223 Å². The van der Waals surface area contributed by atoms with Gasteiger partial charge in [0.05, 0.1) is 27.0 Å². The van der Waals surface area contributed by atoms with E-state index in [0.29, 0.717) is 11.3 Å². The molecule has 0 spiro atoms. The molecule has 0 aromatic heterocycles. The number of carbonyl (C=O) groups is 2. The molecule has 3 aliphatic heterocycles. The minimum absolute atomic E-state index is 0.0121. The number of nitrogens with one attached hydrogen (secondary N) is 1. The number of hydrogen-bond donors (Lipinski definition) is 1. The number of rotatable bonds is 4. The van der Waals surface area contributed by atoms with Crippen molar-refractivity contribution in [2.75, 3.05) is 16.8 Å². The van der Waals surface area contributed by atoms with E-state index in [1.807, 2.05) is 42.5 Å². The Morgan fingerprint density at radius 3 is 2.51 bits per heavy atom. The fourth-order valence-electron chi connectivity index (χ4n) is 4.38. The number of Topliss-reactive ketones (excluding diaryl/α,β-unsaturated/α-hetero) is 1. The van der Waals surface area contributed by atoms with Gasteiger partial charge in [-0.25, -0.2) is 4.79 Å². The van der Waals surface area contributed by atoms with Gasteiger partial charge in [-0.2, -0.15) is 0 Å². The van der Waals surface area contributed by atoms with Crippen molar-refractivity contribution in [2.24, 2.45) is 0 Å². The molecule has 0 bridgehead atoms. The number of ether oxygens (including phenoxy) is 1. The van der Waals surface area contributed by atoms with Gasteiger partial charge >= 0.3 is 5.97 Å². The molecule has 182 valence electrons. The average Bonchev–Trinajstić information content (AvgIpc) is 3.48. The number of anilines is 2. The maximum atomic E-state index is 13.1. The second-order valence-corrected chi connectivity index (χ2v) is 10.6. The first kappa shape index (κ1) is 23.5. The zero-order valence-electron chi connectivity index (χ0n) is 19.9. The van der Waals surface area contributed by atoms with Gasteiger partial charge in [-0.15, -0.1) is 0 Å². The van der Waals surface area contributed by atoms with Gasteiger partial charge in [-0.1, -0.05) is 66.0 Å². The number of allylic oxidation sites excluding steroid dienone is 5. The fourth-order valence-corrected chi connectivity index (χ4v) is 6.53. The summed E-state index contributed by atoms with van der Waals surface area (Å²) < 4.78 is 5.42. The Kier molecular flexibility index (Phi) is 6.24. The third-order valence-electron chi connectivity index (χ3n) is 6.15. The third-order valence-corrected chi connectivity index (χ3v) is 8.28. The Bertz CT molecular complexity index is 1540. The number of esters is 1. The van der Waals surface area contributed by atoms with E-state index >= 15 is 0 Å². The quantitative estimate of drug-likeness (QED) is 0.169. The van der Waals surface area contributed by atoms with E-state index in [1.165, 1.54) is 10.6 Å². The molecule has 1 N–H and O–H groups in total. The van der Waals surface area contributed by atoms with Gasteiger partial charge < -0.3 is 15.0 Å². The second kappa shape index (κ2) is 9.84. The molecule has 0 saturated carbocycles. The van der Waals surface area contributed by atoms with Gasteiger partial charge in [-0.3, -0.25) is 4.79 Å². The van der Waals surface area contributed by atoms with Crippen molar-refractivity contribution in [3.63, 3.8) is 0 Å². The number of fused-ring (bicyclic) bond motifs is 3. The van der Waals surface area contributed by atoms with Crippen LogP contribution in [-0.4, -0.2) is 18.3 Å². The van der Waals surface area contributed by atoms with Crippen molar-refractivity contribution in [2.45, 2.75) is 16.7 Å². The van der Waals surface area contributed by atoms with E-state index in [1.54, 1.807) is 53.9 Å². The maximum Gasteiger partial charge on any atom is 0.347 e. The summed E-state index contributed by atoms with van der Waals surface area (Å²) in [5.41, 5.74) is 3.49. The van der Waals surface area contributed by atoms with Gasteiger partial charge in [0.15, 0.2) is 0 Å². The monoisotopic (exact) mass is 522 g/mol. The number of thioether (sulfide) groups is 2. The Morgan fingerprint density at radius 2 is 1.68 bits per heavy atom. The average molecular weight is 523 g/mol. The van der Waals surface area contributed by atoms with E-state index < -0.39 is 5.97 Å². The topological polar surface area (TPSA) is 58.6 Å². The van der Waals surface area contributed by atoms with Crippen LogP contribution < -0.4 is 15.0 Å². The molecule has 0 aliphatic carbocycles. The third kappa shape index (κ3) is 4.52. The van der Waals surface area contributed by atoms with E-state index in [-0.39, 0.29) is 11.4 Å². The summed E-state index contributed by atoms with van der Waals surface area (Å²) in [4.78, 5) is 30.3. The van der Waals surface area contributed by atoms with Crippen molar-refractivity contribution in [3.8, 4) is 5.75 Å². The Balaban J connectivity index is 1.40. The summed E-state index contributed by atoms with van der Waals surface area (Å²) in [5.74, 6) is -0.675. The zero-order chi connectivity index (χ0) is 25.4. The van der Waals surface area contributed by atoms with Crippen LogP contribution in [-0.2, 0) is 4.79 Å². The van der Waals surface area contributed by atoms with Crippen LogP contribution in [0.25, 0.3) is 0 Å². The van der Waals surface area contributed by atoms with Crippen LogP contribution in [0.5, 0.6) is 5.75 Å². The van der Waals surface area contributed by atoms with E-state index in [9.17, 15) is 9.59 Å². The molecule has 3 aromatic rings. The SMILES string of the molecule is CCN1C(=CC(=CC=C2C(=O)Oc3ccccc3C2=O)/C=C2/Nc3ccccc3S2)Sc2ccccc21. The first-order chi connectivity index (χ1) is 18.1. The Morgan fingerprint density at radius 1 is 0.919 bits per heavy atom. The molecular weight excluding hydrogens is 500 g/mol. The van der Waals surface area contributed by atoms with E-state index in [0.717, 1.165) is 32.8 Å². The van der Waals surface area contributed by atoms with E-state index in [4.69, 9.17) is 4.74 Å². The van der Waals surface area contributed by atoms with Crippen LogP contribution in [0, 0.1) is 0 Å². The molecule has 6 rings (SSSR count). The summed E-state index contributed by atoms with van der Waals surface area (Å²) in [5, 5.41) is 5.50. The van der Waals surface area contributed by atoms with Crippen LogP contribution in [0.3, 0.4) is 0 Å². The lowest BCUT2D eigenvalue weighted by atomic mass is 9.99. The van der Waals surface area contributed by atoms with Gasteiger partial charge in [0, 0.05) is 16.3 Å². The highest BCUT2D eigenvalue weighted by atomic mass is 32.2. The molecule has 37 heavy (non-hydrogen) atoms. The minimum atomic E-state index is -0.641. The van der Waals surface area contributed by atoms with Gasteiger partial charge in [-0.05, 0) is 67.1 Å². The highest BCUT2D eigenvalue weighted by Gasteiger charge is 2.30. The summed E-state index contributed by atoms with van der Waals surface area (Å²) in [6, 6.07) is 23.3. The smallest absolute Gasteiger partial charge is 0.347 e. The number of nitrogens with zero attached hydrogens (tertiary/aromatic N) is 1. The molecule has 0 radical (unpaired) electrons. The molecule has 0 atom stereocenters. The first-order valence-electron chi connectivity index (χ1n) is 11.9. The summed E-state index contributed by atoms with van der Waals surface area (Å²) >= 11 is 3.36. The largest absolute Gasteiger partial charge is 0.422 e.